The number of benzene rings is 2. The average Bonchev–Trinajstić information content (AvgIpc) is 3.18. The molecule has 0 fully saturated rings. The van der Waals surface area contributed by atoms with Crippen LogP contribution in [0.1, 0.15) is 24.5 Å². The van der Waals surface area contributed by atoms with E-state index in [2.05, 4.69) is 14.9 Å². The lowest BCUT2D eigenvalue weighted by Crippen LogP contribution is -2.03. The Kier molecular flexibility index (Phi) is 6.86. The largest absolute Gasteiger partial charge is 0.493 e. The molecule has 1 unspecified atom stereocenters. The monoisotopic (exact) mass is 426 g/mol. The minimum absolute atomic E-state index is 0.0388. The number of hydrogen-bond acceptors (Lipinski definition) is 7. The summed E-state index contributed by atoms with van der Waals surface area (Å²) in [5, 5.41) is 8.24. The minimum Gasteiger partial charge on any atom is -0.493 e. The van der Waals surface area contributed by atoms with E-state index in [0.717, 1.165) is 5.56 Å². The number of aromatic nitrogens is 2. The van der Waals surface area contributed by atoms with Crippen LogP contribution in [0.5, 0.6) is 17.2 Å². The fourth-order valence-corrected chi connectivity index (χ4v) is 3.06. The SMILES string of the molecule is COc1cc(CSc2nnc(C(C)Oc3ccc(F)cc3)o2)ccc1OC(F)F. The molecule has 3 rings (SSSR count). The van der Waals surface area contributed by atoms with Crippen molar-refractivity contribution >= 4 is 11.8 Å². The van der Waals surface area contributed by atoms with Crippen molar-refractivity contribution in [2.45, 2.75) is 30.6 Å². The van der Waals surface area contributed by atoms with Crippen molar-refractivity contribution in [3.63, 3.8) is 0 Å². The predicted molar refractivity (Wildman–Crippen MR) is 98.9 cm³/mol. The Bertz CT molecular complexity index is 937. The highest BCUT2D eigenvalue weighted by Crippen LogP contribution is 2.32. The number of rotatable bonds is 9. The molecule has 10 heteroatoms. The Morgan fingerprint density at radius 1 is 1.03 bits per heavy atom. The van der Waals surface area contributed by atoms with E-state index in [1.54, 1.807) is 19.1 Å². The second kappa shape index (κ2) is 9.55. The van der Waals surface area contributed by atoms with Crippen LogP contribution >= 0.6 is 11.8 Å². The normalized spacial score (nSPS) is 12.1. The Labute approximate surface area is 169 Å². The summed E-state index contributed by atoms with van der Waals surface area (Å²) in [6.07, 6.45) is -0.520. The van der Waals surface area contributed by atoms with E-state index in [1.807, 2.05) is 0 Å². The number of ether oxygens (including phenoxy) is 3. The lowest BCUT2D eigenvalue weighted by atomic mass is 10.2. The van der Waals surface area contributed by atoms with Crippen LogP contribution in [0.15, 0.2) is 52.1 Å². The van der Waals surface area contributed by atoms with Crippen LogP contribution < -0.4 is 14.2 Å². The third kappa shape index (κ3) is 5.80. The maximum absolute atomic E-state index is 13.0. The van der Waals surface area contributed by atoms with Crippen LogP contribution in [-0.2, 0) is 5.75 Å². The van der Waals surface area contributed by atoms with Gasteiger partial charge in [0, 0.05) is 5.75 Å². The molecule has 2 aromatic carbocycles. The summed E-state index contributed by atoms with van der Waals surface area (Å²) in [6.45, 7) is -1.20. The highest BCUT2D eigenvalue weighted by atomic mass is 32.2. The predicted octanol–water partition coefficient (Wildman–Crippen LogP) is 5.25. The molecular weight excluding hydrogens is 409 g/mol. The van der Waals surface area contributed by atoms with Crippen molar-refractivity contribution in [1.29, 1.82) is 0 Å². The van der Waals surface area contributed by atoms with Gasteiger partial charge >= 0.3 is 6.61 Å². The van der Waals surface area contributed by atoms with Gasteiger partial charge in [-0.3, -0.25) is 0 Å². The molecule has 0 amide bonds. The van der Waals surface area contributed by atoms with E-state index < -0.39 is 12.7 Å². The van der Waals surface area contributed by atoms with Gasteiger partial charge in [0.1, 0.15) is 11.6 Å². The van der Waals surface area contributed by atoms with Crippen molar-refractivity contribution in [3.8, 4) is 17.2 Å². The fourth-order valence-electron chi connectivity index (χ4n) is 2.35. The van der Waals surface area contributed by atoms with Gasteiger partial charge in [-0.15, -0.1) is 10.2 Å². The lowest BCUT2D eigenvalue weighted by molar-refractivity contribution is -0.0512. The molecule has 0 spiro atoms. The standard InChI is InChI=1S/C19H17F3N2O4S/c1-11(26-14-6-4-13(20)5-7-14)17-23-24-19(28-17)29-10-12-3-8-15(27-18(21)22)16(9-12)25-2/h3-9,11,18H,10H2,1-2H3. The molecule has 0 bridgehead atoms. The van der Waals surface area contributed by atoms with E-state index in [9.17, 15) is 13.2 Å². The first-order chi connectivity index (χ1) is 13.9. The molecule has 0 saturated heterocycles. The van der Waals surface area contributed by atoms with Gasteiger partial charge in [-0.2, -0.15) is 8.78 Å². The molecule has 0 aliphatic heterocycles. The van der Waals surface area contributed by atoms with Gasteiger partial charge in [0.15, 0.2) is 17.6 Å². The molecule has 3 aromatic rings. The van der Waals surface area contributed by atoms with Crippen molar-refractivity contribution in [2.75, 3.05) is 7.11 Å². The summed E-state index contributed by atoms with van der Waals surface area (Å²) < 4.78 is 58.4. The minimum atomic E-state index is -2.93. The van der Waals surface area contributed by atoms with Crippen LogP contribution in [0, 0.1) is 5.82 Å². The number of nitrogens with zero attached hydrogens (tertiary/aromatic N) is 2. The Morgan fingerprint density at radius 2 is 1.79 bits per heavy atom. The van der Waals surface area contributed by atoms with Gasteiger partial charge in [-0.05, 0) is 48.9 Å². The molecule has 154 valence electrons. The lowest BCUT2D eigenvalue weighted by Gasteiger charge is -2.11. The summed E-state index contributed by atoms with van der Waals surface area (Å²) in [6, 6.07) is 10.3. The van der Waals surface area contributed by atoms with Crippen molar-refractivity contribution in [3.05, 3.63) is 59.7 Å². The molecule has 0 aliphatic rings. The molecule has 0 aliphatic carbocycles. The summed E-state index contributed by atoms with van der Waals surface area (Å²) in [7, 11) is 1.37. The number of hydrogen-bond donors (Lipinski definition) is 0. The fraction of sp³-hybridized carbons (Fsp3) is 0.263. The van der Waals surface area contributed by atoms with Crippen molar-refractivity contribution in [1.82, 2.24) is 10.2 Å². The molecule has 29 heavy (non-hydrogen) atoms. The van der Waals surface area contributed by atoms with Crippen molar-refractivity contribution in [2.24, 2.45) is 0 Å². The zero-order chi connectivity index (χ0) is 20.8. The summed E-state index contributed by atoms with van der Waals surface area (Å²) in [4.78, 5) is 0. The molecule has 6 nitrogen and oxygen atoms in total. The first kappa shape index (κ1) is 20.8. The van der Waals surface area contributed by atoms with Gasteiger partial charge in [0.05, 0.1) is 7.11 Å². The summed E-state index contributed by atoms with van der Waals surface area (Å²) in [5.74, 6) is 1.01. The first-order valence-corrected chi connectivity index (χ1v) is 9.43. The van der Waals surface area contributed by atoms with Gasteiger partial charge in [-0.25, -0.2) is 4.39 Å². The Morgan fingerprint density at radius 3 is 2.48 bits per heavy atom. The molecule has 1 aromatic heterocycles. The van der Waals surface area contributed by atoms with E-state index >= 15 is 0 Å². The van der Waals surface area contributed by atoms with E-state index in [1.165, 1.54) is 49.2 Å². The number of halogens is 3. The smallest absolute Gasteiger partial charge is 0.387 e. The third-order valence-electron chi connectivity index (χ3n) is 3.70. The maximum atomic E-state index is 13.0. The van der Waals surface area contributed by atoms with Crippen LogP contribution in [0.2, 0.25) is 0 Å². The van der Waals surface area contributed by atoms with Crippen molar-refractivity contribution < 1.29 is 31.8 Å². The number of alkyl halides is 2. The maximum Gasteiger partial charge on any atom is 0.387 e. The first-order valence-electron chi connectivity index (χ1n) is 8.44. The third-order valence-corrected chi connectivity index (χ3v) is 4.59. The van der Waals surface area contributed by atoms with E-state index in [0.29, 0.717) is 16.7 Å². The molecule has 1 heterocycles. The van der Waals surface area contributed by atoms with E-state index in [4.69, 9.17) is 13.9 Å². The Balaban J connectivity index is 1.59. The molecule has 0 N–H and O–H groups in total. The zero-order valence-corrected chi connectivity index (χ0v) is 16.3. The molecular formula is C19H17F3N2O4S. The number of methoxy groups -OCH3 is 1. The quantitative estimate of drug-likeness (QED) is 0.433. The average molecular weight is 426 g/mol. The molecule has 0 saturated carbocycles. The zero-order valence-electron chi connectivity index (χ0n) is 15.5. The summed E-state index contributed by atoms with van der Waals surface area (Å²) in [5.41, 5.74) is 0.795. The number of thioether (sulfide) groups is 1. The van der Waals surface area contributed by atoms with Gasteiger partial charge < -0.3 is 18.6 Å². The summed E-state index contributed by atoms with van der Waals surface area (Å²) >= 11 is 1.27. The van der Waals surface area contributed by atoms with Gasteiger partial charge in [-0.1, -0.05) is 17.8 Å². The second-order valence-electron chi connectivity index (χ2n) is 5.77. The van der Waals surface area contributed by atoms with Crippen LogP contribution in [0.25, 0.3) is 0 Å². The highest BCUT2D eigenvalue weighted by Gasteiger charge is 2.17. The van der Waals surface area contributed by atoms with E-state index in [-0.39, 0.29) is 23.2 Å². The topological polar surface area (TPSA) is 66.6 Å². The second-order valence-corrected chi connectivity index (χ2v) is 6.70. The Hall–Kier alpha value is -2.88. The molecule has 0 radical (unpaired) electrons. The molecule has 1 atom stereocenters. The van der Waals surface area contributed by atoms with Gasteiger partial charge in [0.2, 0.25) is 0 Å². The van der Waals surface area contributed by atoms with Crippen LogP contribution in [-0.4, -0.2) is 23.9 Å². The van der Waals surface area contributed by atoms with Gasteiger partial charge in [0.25, 0.3) is 11.1 Å². The van der Waals surface area contributed by atoms with Crippen LogP contribution in [0.3, 0.4) is 0 Å². The highest BCUT2D eigenvalue weighted by molar-refractivity contribution is 7.98. The van der Waals surface area contributed by atoms with Crippen LogP contribution in [0.4, 0.5) is 13.2 Å².